The van der Waals surface area contributed by atoms with Gasteiger partial charge in [-0.1, -0.05) is 12.1 Å². The van der Waals surface area contributed by atoms with Crippen molar-refractivity contribution in [3.05, 3.63) is 62.5 Å². The molecule has 0 unspecified atom stereocenters. The summed E-state index contributed by atoms with van der Waals surface area (Å²) in [7, 11) is 1.21. The number of aliphatic imine (C=N–C) groups is 1. The highest BCUT2D eigenvalue weighted by atomic mass is 32.2. The molecule has 2 aromatic carbocycles. The van der Waals surface area contributed by atoms with E-state index < -0.39 is 28.9 Å². The molecule has 156 valence electrons. The quantitative estimate of drug-likeness (QED) is 0.410. The standard InChI is InChI=1S/C19H15F2N3O5S/c1-10-4-3-5-12(6-10)22-19-23-17(25)16(30-19)8-11-7-14(28-2)15(29-18(20)21)9-13(11)24(26)27/h3-9,18H,1-2H3,(H,22,23,25)/b16-8-. The van der Waals surface area contributed by atoms with E-state index in [-0.39, 0.29) is 16.2 Å². The maximum absolute atomic E-state index is 12.6. The first kappa shape index (κ1) is 21.2. The molecule has 1 N–H and O–H groups in total. The molecule has 0 aromatic heterocycles. The molecule has 0 saturated carbocycles. The minimum Gasteiger partial charge on any atom is -0.493 e. The Hall–Kier alpha value is -3.47. The molecule has 3 rings (SSSR count). The number of amidine groups is 1. The van der Waals surface area contributed by atoms with Crippen molar-refractivity contribution in [3.63, 3.8) is 0 Å². The fourth-order valence-corrected chi connectivity index (χ4v) is 3.46. The van der Waals surface area contributed by atoms with Crippen LogP contribution in [0.4, 0.5) is 20.2 Å². The maximum Gasteiger partial charge on any atom is 0.387 e. The molecule has 1 aliphatic rings. The third-order valence-corrected chi connectivity index (χ3v) is 4.81. The second-order valence-electron chi connectivity index (χ2n) is 6.02. The molecular formula is C19H15F2N3O5S. The second kappa shape index (κ2) is 8.91. The van der Waals surface area contributed by atoms with Gasteiger partial charge in [-0.15, -0.1) is 0 Å². The molecule has 0 atom stereocenters. The molecule has 0 radical (unpaired) electrons. The lowest BCUT2D eigenvalue weighted by atomic mass is 10.1. The SMILES string of the molecule is COc1cc(/C=C2\SC(=Nc3cccc(C)c3)NC2=O)c([N+](=O)[O-])cc1OC(F)F. The van der Waals surface area contributed by atoms with Crippen LogP contribution in [-0.2, 0) is 4.79 Å². The van der Waals surface area contributed by atoms with Crippen LogP contribution in [0.1, 0.15) is 11.1 Å². The van der Waals surface area contributed by atoms with Crippen LogP contribution in [0.25, 0.3) is 6.08 Å². The molecule has 8 nitrogen and oxygen atoms in total. The number of thioether (sulfide) groups is 1. The number of alkyl halides is 2. The van der Waals surface area contributed by atoms with Crippen molar-refractivity contribution in [1.82, 2.24) is 5.32 Å². The number of nitrogens with one attached hydrogen (secondary N) is 1. The third kappa shape index (κ3) is 4.92. The summed E-state index contributed by atoms with van der Waals surface area (Å²) in [5.74, 6) is -1.11. The van der Waals surface area contributed by atoms with Crippen molar-refractivity contribution in [3.8, 4) is 11.5 Å². The summed E-state index contributed by atoms with van der Waals surface area (Å²) < 4.78 is 34.4. The lowest BCUT2D eigenvalue weighted by Gasteiger charge is -2.11. The number of aryl methyl sites for hydroxylation is 1. The van der Waals surface area contributed by atoms with Gasteiger partial charge in [0.25, 0.3) is 11.6 Å². The smallest absolute Gasteiger partial charge is 0.387 e. The number of methoxy groups -OCH3 is 1. The highest BCUT2D eigenvalue weighted by molar-refractivity contribution is 8.18. The van der Waals surface area contributed by atoms with Gasteiger partial charge in [0.2, 0.25) is 0 Å². The van der Waals surface area contributed by atoms with Gasteiger partial charge in [-0.05, 0) is 48.5 Å². The van der Waals surface area contributed by atoms with E-state index in [1.165, 1.54) is 13.2 Å². The van der Waals surface area contributed by atoms with E-state index in [2.05, 4.69) is 15.0 Å². The number of rotatable bonds is 6. The van der Waals surface area contributed by atoms with Gasteiger partial charge in [0, 0.05) is 0 Å². The number of carbonyl (C=O) groups excluding carboxylic acids is 1. The molecular weight excluding hydrogens is 420 g/mol. The summed E-state index contributed by atoms with van der Waals surface area (Å²) in [5.41, 5.74) is 1.11. The van der Waals surface area contributed by atoms with Crippen LogP contribution < -0.4 is 14.8 Å². The van der Waals surface area contributed by atoms with Crippen LogP contribution in [0.3, 0.4) is 0 Å². The van der Waals surface area contributed by atoms with Crippen LogP contribution in [0.2, 0.25) is 0 Å². The Labute approximate surface area is 173 Å². The highest BCUT2D eigenvalue weighted by Gasteiger charge is 2.27. The molecule has 11 heteroatoms. The number of ether oxygens (including phenoxy) is 2. The molecule has 0 bridgehead atoms. The first-order chi connectivity index (χ1) is 14.3. The Morgan fingerprint density at radius 1 is 1.27 bits per heavy atom. The summed E-state index contributed by atoms with van der Waals surface area (Å²) in [6.07, 6.45) is 1.27. The summed E-state index contributed by atoms with van der Waals surface area (Å²) in [4.78, 5) is 27.4. The fourth-order valence-electron chi connectivity index (χ4n) is 2.62. The molecule has 2 aromatic rings. The van der Waals surface area contributed by atoms with E-state index in [1.54, 1.807) is 6.07 Å². The third-order valence-electron chi connectivity index (χ3n) is 3.90. The van der Waals surface area contributed by atoms with Gasteiger partial charge >= 0.3 is 6.61 Å². The first-order valence-corrected chi connectivity index (χ1v) is 9.26. The number of halogens is 2. The molecule has 1 saturated heterocycles. The van der Waals surface area contributed by atoms with Gasteiger partial charge in [-0.25, -0.2) is 4.99 Å². The minimum absolute atomic E-state index is 0.00655. The lowest BCUT2D eigenvalue weighted by Crippen LogP contribution is -2.19. The van der Waals surface area contributed by atoms with Crippen LogP contribution in [0, 0.1) is 17.0 Å². The number of hydrogen-bond acceptors (Lipinski definition) is 7. The van der Waals surface area contributed by atoms with Crippen molar-refractivity contribution in [2.45, 2.75) is 13.5 Å². The molecule has 1 aliphatic heterocycles. The molecule has 1 amide bonds. The largest absolute Gasteiger partial charge is 0.493 e. The van der Waals surface area contributed by atoms with Crippen molar-refractivity contribution in [1.29, 1.82) is 0 Å². The molecule has 30 heavy (non-hydrogen) atoms. The predicted octanol–water partition coefficient (Wildman–Crippen LogP) is 4.40. The van der Waals surface area contributed by atoms with Gasteiger partial charge in [0.15, 0.2) is 16.7 Å². The van der Waals surface area contributed by atoms with Gasteiger partial charge in [-0.3, -0.25) is 14.9 Å². The molecule has 1 fully saturated rings. The Morgan fingerprint density at radius 2 is 2.03 bits per heavy atom. The first-order valence-electron chi connectivity index (χ1n) is 8.44. The lowest BCUT2D eigenvalue weighted by molar-refractivity contribution is -0.385. The van der Waals surface area contributed by atoms with Crippen molar-refractivity contribution in [2.75, 3.05) is 7.11 Å². The topological polar surface area (TPSA) is 103 Å². The summed E-state index contributed by atoms with van der Waals surface area (Å²) in [5, 5.41) is 14.3. The second-order valence-corrected chi connectivity index (χ2v) is 7.05. The van der Waals surface area contributed by atoms with Crippen LogP contribution >= 0.6 is 11.8 Å². The van der Waals surface area contributed by atoms with E-state index in [0.717, 1.165) is 29.5 Å². The Kier molecular flexibility index (Phi) is 6.31. The summed E-state index contributed by atoms with van der Waals surface area (Å²) in [6.45, 7) is -1.28. The number of benzene rings is 2. The minimum atomic E-state index is -3.18. The van der Waals surface area contributed by atoms with Crippen LogP contribution in [-0.4, -0.2) is 29.7 Å². The fraction of sp³-hybridized carbons (Fsp3) is 0.158. The van der Waals surface area contributed by atoms with Gasteiger partial charge in [0.1, 0.15) is 0 Å². The van der Waals surface area contributed by atoms with Crippen LogP contribution in [0.5, 0.6) is 11.5 Å². The van der Waals surface area contributed by atoms with Crippen molar-refractivity contribution in [2.24, 2.45) is 4.99 Å². The van der Waals surface area contributed by atoms with E-state index >= 15 is 0 Å². The van der Waals surface area contributed by atoms with E-state index in [9.17, 15) is 23.7 Å². The van der Waals surface area contributed by atoms with E-state index in [4.69, 9.17) is 4.74 Å². The zero-order valence-electron chi connectivity index (χ0n) is 15.7. The number of carbonyl (C=O) groups is 1. The zero-order chi connectivity index (χ0) is 21.8. The Bertz CT molecular complexity index is 1070. The molecule has 1 heterocycles. The zero-order valence-corrected chi connectivity index (χ0v) is 16.5. The summed E-state index contributed by atoms with van der Waals surface area (Å²) >= 11 is 0.999. The highest BCUT2D eigenvalue weighted by Crippen LogP contribution is 2.38. The Balaban J connectivity index is 1.97. The predicted molar refractivity (Wildman–Crippen MR) is 108 cm³/mol. The number of nitro benzene ring substituents is 1. The van der Waals surface area contributed by atoms with Gasteiger partial charge in [-0.2, -0.15) is 8.78 Å². The number of nitro groups is 1. The average Bonchev–Trinajstić information content (AvgIpc) is 3.00. The normalized spacial score (nSPS) is 16.2. The van der Waals surface area contributed by atoms with E-state index in [0.29, 0.717) is 10.9 Å². The number of nitrogens with zero attached hydrogens (tertiary/aromatic N) is 2. The number of amides is 1. The molecule has 0 spiro atoms. The van der Waals surface area contributed by atoms with Gasteiger partial charge in [0.05, 0.1) is 34.3 Å². The van der Waals surface area contributed by atoms with Crippen molar-refractivity contribution < 1.29 is 28.0 Å². The van der Waals surface area contributed by atoms with Gasteiger partial charge < -0.3 is 14.8 Å². The maximum atomic E-state index is 12.6. The number of hydrogen-bond donors (Lipinski definition) is 1. The monoisotopic (exact) mass is 435 g/mol. The van der Waals surface area contributed by atoms with E-state index in [1.807, 2.05) is 25.1 Å². The summed E-state index contributed by atoms with van der Waals surface area (Å²) in [6, 6.07) is 9.32. The van der Waals surface area contributed by atoms with Crippen molar-refractivity contribution >= 4 is 40.3 Å². The van der Waals surface area contributed by atoms with Crippen LogP contribution in [0.15, 0.2) is 46.3 Å². The molecule has 0 aliphatic carbocycles. The Morgan fingerprint density at radius 3 is 2.67 bits per heavy atom. The average molecular weight is 435 g/mol.